The fraction of sp³-hybridized carbons (Fsp3) is 0.357. The molecule has 38 heavy (non-hydrogen) atoms. The number of rotatable bonds is 4. The van der Waals surface area contributed by atoms with Crippen LogP contribution < -0.4 is 15.8 Å². The lowest BCUT2D eigenvalue weighted by Crippen LogP contribution is -2.27. The molecule has 6 rings (SSSR count). The first-order chi connectivity index (χ1) is 18.1. The van der Waals surface area contributed by atoms with Crippen molar-refractivity contribution in [2.45, 2.75) is 45.6 Å². The molecule has 2 fully saturated rings. The molecule has 0 atom stereocenters. The van der Waals surface area contributed by atoms with Gasteiger partial charge in [0.1, 0.15) is 11.4 Å². The lowest BCUT2D eigenvalue weighted by atomic mass is 10.1. The number of anilines is 2. The van der Waals surface area contributed by atoms with E-state index in [1.807, 2.05) is 23.0 Å². The third kappa shape index (κ3) is 4.04. The van der Waals surface area contributed by atoms with Crippen LogP contribution in [0.3, 0.4) is 0 Å². The van der Waals surface area contributed by atoms with E-state index in [0.29, 0.717) is 15.8 Å². The summed E-state index contributed by atoms with van der Waals surface area (Å²) < 4.78 is 31.3. The molecule has 0 radical (unpaired) electrons. The summed E-state index contributed by atoms with van der Waals surface area (Å²) in [7, 11) is 0. The fourth-order valence-corrected chi connectivity index (χ4v) is 5.34. The van der Waals surface area contributed by atoms with E-state index >= 15 is 0 Å². The zero-order chi connectivity index (χ0) is 26.8. The molecule has 4 aromatic rings. The SMILES string of the molecule is CC(C)(C)n1ncc2c(N3CCC4(CC4)C3)c(NC(=O)c3ccc(=O)n(-c4c(F)cccc4F)n3)ccc21. The molecule has 1 aliphatic carbocycles. The lowest BCUT2D eigenvalue weighted by molar-refractivity contribution is 0.102. The number of hydrogen-bond donors (Lipinski definition) is 1. The summed E-state index contributed by atoms with van der Waals surface area (Å²) in [5, 5.41) is 12.5. The third-order valence-corrected chi connectivity index (χ3v) is 7.50. The Labute approximate surface area is 217 Å². The van der Waals surface area contributed by atoms with E-state index < -0.39 is 28.8 Å². The van der Waals surface area contributed by atoms with E-state index in [1.165, 1.54) is 25.0 Å². The number of nitrogens with zero attached hydrogens (tertiary/aromatic N) is 5. The van der Waals surface area contributed by atoms with Crippen LogP contribution in [0, 0.1) is 17.0 Å². The maximum absolute atomic E-state index is 14.4. The molecule has 2 aromatic heterocycles. The molecule has 1 amide bonds. The zero-order valence-corrected chi connectivity index (χ0v) is 21.5. The van der Waals surface area contributed by atoms with Crippen LogP contribution in [0.25, 0.3) is 16.6 Å². The normalized spacial score (nSPS) is 16.4. The number of aromatic nitrogens is 4. The predicted molar refractivity (Wildman–Crippen MR) is 141 cm³/mol. The molecule has 8 nitrogen and oxygen atoms in total. The molecule has 1 spiro atoms. The summed E-state index contributed by atoms with van der Waals surface area (Å²) >= 11 is 0. The molecule has 10 heteroatoms. The average Bonchev–Trinajstić information content (AvgIpc) is 3.27. The van der Waals surface area contributed by atoms with E-state index in [-0.39, 0.29) is 11.2 Å². The minimum Gasteiger partial charge on any atom is -0.369 e. The highest BCUT2D eigenvalue weighted by atomic mass is 19.1. The smallest absolute Gasteiger partial charge is 0.276 e. The topological polar surface area (TPSA) is 85.0 Å². The molecule has 1 saturated carbocycles. The first-order valence-corrected chi connectivity index (χ1v) is 12.7. The third-order valence-electron chi connectivity index (χ3n) is 7.50. The van der Waals surface area contributed by atoms with Crippen LogP contribution in [0.2, 0.25) is 0 Å². The first-order valence-electron chi connectivity index (χ1n) is 12.7. The van der Waals surface area contributed by atoms with Crippen LogP contribution in [0.4, 0.5) is 20.2 Å². The van der Waals surface area contributed by atoms with Crippen LogP contribution in [0.15, 0.2) is 53.5 Å². The summed E-state index contributed by atoms with van der Waals surface area (Å²) in [5.41, 5.74) is 1.03. The molecule has 196 valence electrons. The molecule has 0 unspecified atom stereocenters. The summed E-state index contributed by atoms with van der Waals surface area (Å²) in [6.07, 6.45) is 5.36. The minimum absolute atomic E-state index is 0.149. The van der Waals surface area contributed by atoms with Crippen molar-refractivity contribution in [2.75, 3.05) is 23.3 Å². The number of carbonyl (C=O) groups excluding carboxylic acids is 1. The summed E-state index contributed by atoms with van der Waals surface area (Å²) in [4.78, 5) is 28.1. The Morgan fingerprint density at radius 2 is 1.74 bits per heavy atom. The maximum Gasteiger partial charge on any atom is 0.276 e. The van der Waals surface area contributed by atoms with Crippen molar-refractivity contribution in [3.05, 3.63) is 76.3 Å². The van der Waals surface area contributed by atoms with Gasteiger partial charge in [0.25, 0.3) is 11.5 Å². The van der Waals surface area contributed by atoms with Crippen molar-refractivity contribution in [1.29, 1.82) is 0 Å². The number of halogens is 2. The highest BCUT2D eigenvalue weighted by Crippen LogP contribution is 2.54. The number of carbonyl (C=O) groups is 1. The van der Waals surface area contributed by atoms with E-state index in [0.717, 1.165) is 54.3 Å². The van der Waals surface area contributed by atoms with Gasteiger partial charge in [-0.3, -0.25) is 14.3 Å². The lowest BCUT2D eigenvalue weighted by Gasteiger charge is -2.25. The van der Waals surface area contributed by atoms with Gasteiger partial charge in [0.05, 0.1) is 28.6 Å². The summed E-state index contributed by atoms with van der Waals surface area (Å²) in [5.74, 6) is -2.51. The minimum atomic E-state index is -0.955. The van der Waals surface area contributed by atoms with Crippen LogP contribution >= 0.6 is 0 Å². The van der Waals surface area contributed by atoms with E-state index in [2.05, 4.69) is 41.2 Å². The van der Waals surface area contributed by atoms with Gasteiger partial charge in [0, 0.05) is 24.5 Å². The Hall–Kier alpha value is -4.08. The number of para-hydroxylation sites is 1. The average molecular weight is 519 g/mol. The Bertz CT molecular complexity index is 1630. The molecule has 1 saturated heterocycles. The number of fused-ring (bicyclic) bond motifs is 1. The number of nitrogens with one attached hydrogen (secondary N) is 1. The number of amides is 1. The second-order valence-corrected chi connectivity index (χ2v) is 11.3. The van der Waals surface area contributed by atoms with Crippen molar-refractivity contribution in [3.63, 3.8) is 0 Å². The Morgan fingerprint density at radius 3 is 2.39 bits per heavy atom. The highest BCUT2D eigenvalue weighted by Gasteiger charge is 2.48. The van der Waals surface area contributed by atoms with Crippen molar-refractivity contribution < 1.29 is 13.6 Å². The summed E-state index contributed by atoms with van der Waals surface area (Å²) in [6, 6.07) is 9.35. The van der Waals surface area contributed by atoms with Gasteiger partial charge in [-0.05, 0) is 75.8 Å². The summed E-state index contributed by atoms with van der Waals surface area (Å²) in [6.45, 7) is 8.04. The van der Waals surface area contributed by atoms with Gasteiger partial charge in [0.15, 0.2) is 11.6 Å². The van der Waals surface area contributed by atoms with Gasteiger partial charge < -0.3 is 10.2 Å². The van der Waals surface area contributed by atoms with Gasteiger partial charge in [0.2, 0.25) is 0 Å². The number of hydrogen-bond acceptors (Lipinski definition) is 5. The molecule has 1 aliphatic heterocycles. The van der Waals surface area contributed by atoms with Crippen molar-refractivity contribution >= 4 is 28.2 Å². The van der Waals surface area contributed by atoms with Gasteiger partial charge in [-0.25, -0.2) is 8.78 Å². The fourth-order valence-electron chi connectivity index (χ4n) is 5.34. The monoisotopic (exact) mass is 518 g/mol. The van der Waals surface area contributed by atoms with Gasteiger partial charge >= 0.3 is 0 Å². The highest BCUT2D eigenvalue weighted by molar-refractivity contribution is 6.09. The molecule has 2 aromatic carbocycles. The standard InChI is InChI=1S/C28H28F2N6O2/c1-27(2,3)36-22-9-7-20(24(17(22)15-31-36)34-14-13-28(16-34)11-12-28)32-26(38)21-8-10-23(37)35(33-21)25-18(29)5-4-6-19(25)30/h4-10,15H,11-14,16H2,1-3H3,(H,32,38). The first kappa shape index (κ1) is 24.3. The van der Waals surface area contributed by atoms with Crippen molar-refractivity contribution in [3.8, 4) is 5.69 Å². The largest absolute Gasteiger partial charge is 0.369 e. The molecular weight excluding hydrogens is 490 g/mol. The molecule has 0 bridgehead atoms. The van der Waals surface area contributed by atoms with Gasteiger partial charge in [-0.1, -0.05) is 6.07 Å². The second kappa shape index (κ2) is 8.47. The maximum atomic E-state index is 14.4. The van der Waals surface area contributed by atoms with E-state index in [9.17, 15) is 18.4 Å². The molecule has 2 aliphatic rings. The van der Waals surface area contributed by atoms with E-state index in [1.54, 1.807) is 0 Å². The van der Waals surface area contributed by atoms with E-state index in [4.69, 9.17) is 0 Å². The van der Waals surface area contributed by atoms with Crippen LogP contribution in [0.1, 0.15) is 50.5 Å². The van der Waals surface area contributed by atoms with Gasteiger partial charge in [-0.15, -0.1) is 0 Å². The molecule has 1 N–H and O–H groups in total. The molecular formula is C28H28F2N6O2. The van der Waals surface area contributed by atoms with Crippen LogP contribution in [-0.4, -0.2) is 38.6 Å². The van der Waals surface area contributed by atoms with Crippen molar-refractivity contribution in [1.82, 2.24) is 19.6 Å². The van der Waals surface area contributed by atoms with Gasteiger partial charge in [-0.2, -0.15) is 14.9 Å². The van der Waals surface area contributed by atoms with Crippen molar-refractivity contribution in [2.24, 2.45) is 5.41 Å². The Balaban J connectivity index is 1.41. The zero-order valence-electron chi connectivity index (χ0n) is 21.5. The van der Waals surface area contributed by atoms with Crippen LogP contribution in [0.5, 0.6) is 0 Å². The Morgan fingerprint density at radius 1 is 1.00 bits per heavy atom. The molecule has 3 heterocycles. The van der Waals surface area contributed by atoms with Crippen LogP contribution in [-0.2, 0) is 5.54 Å². The Kier molecular flexibility index (Phi) is 5.41. The predicted octanol–water partition coefficient (Wildman–Crippen LogP) is 4.86. The second-order valence-electron chi connectivity index (χ2n) is 11.3. The quantitative estimate of drug-likeness (QED) is 0.417. The number of benzene rings is 2.